The van der Waals surface area contributed by atoms with Crippen molar-refractivity contribution in [2.24, 2.45) is 0 Å². The van der Waals surface area contributed by atoms with E-state index in [0.717, 1.165) is 64.5 Å². The van der Waals surface area contributed by atoms with E-state index in [1.54, 1.807) is 24.4 Å². The molecule has 0 aliphatic carbocycles. The number of carbonyl (C=O) groups excluding carboxylic acids is 1. The van der Waals surface area contributed by atoms with Gasteiger partial charge in [0.1, 0.15) is 36.8 Å². The maximum atomic E-state index is 11.5. The SMILES string of the molecule is N#Cc1cncc(COc2cc(OCc3cccc(-c4cccc5c4cnn5CCCNC[C@@H]4CCC(=O)N4)c3Br)c(Cl)cc2CNC(CO)C(=O)O)c1. The molecule has 1 amide bonds. The van der Waals surface area contributed by atoms with Gasteiger partial charge in [0.25, 0.3) is 0 Å². The van der Waals surface area contributed by atoms with E-state index in [0.29, 0.717) is 34.6 Å². The van der Waals surface area contributed by atoms with Crippen molar-refractivity contribution in [1.82, 2.24) is 30.7 Å². The minimum atomic E-state index is -1.19. The zero-order valence-electron chi connectivity index (χ0n) is 29.2. The molecule has 1 unspecified atom stereocenters. The van der Waals surface area contributed by atoms with Gasteiger partial charge in [0.05, 0.1) is 28.9 Å². The first-order chi connectivity index (χ1) is 26.2. The van der Waals surface area contributed by atoms with Gasteiger partial charge in [0.15, 0.2) is 0 Å². The van der Waals surface area contributed by atoms with Crippen LogP contribution in [-0.4, -0.2) is 68.6 Å². The first-order valence-corrected chi connectivity index (χ1v) is 18.6. The third-order valence-electron chi connectivity index (χ3n) is 9.09. The number of aliphatic hydroxyl groups is 1. The second-order valence-electron chi connectivity index (χ2n) is 12.9. The molecule has 1 saturated heterocycles. The number of fused-ring (bicyclic) bond motifs is 1. The number of aliphatic hydroxyl groups excluding tert-OH is 1. The Balaban J connectivity index is 1.16. The predicted molar refractivity (Wildman–Crippen MR) is 206 cm³/mol. The molecule has 5 aromatic rings. The van der Waals surface area contributed by atoms with Crippen LogP contribution in [0.2, 0.25) is 5.02 Å². The lowest BCUT2D eigenvalue weighted by Gasteiger charge is -2.18. The Morgan fingerprint density at radius 3 is 2.69 bits per heavy atom. The summed E-state index contributed by atoms with van der Waals surface area (Å²) < 4.78 is 15.3. The molecule has 0 saturated carbocycles. The normalized spacial score (nSPS) is 14.5. The minimum Gasteiger partial charge on any atom is -0.488 e. The summed E-state index contributed by atoms with van der Waals surface area (Å²) in [7, 11) is 0. The number of aromatic nitrogens is 3. The summed E-state index contributed by atoms with van der Waals surface area (Å²) in [6.07, 6.45) is 7.31. The van der Waals surface area contributed by atoms with E-state index in [4.69, 9.17) is 26.2 Å². The fourth-order valence-electron chi connectivity index (χ4n) is 6.24. The average Bonchev–Trinajstić information content (AvgIpc) is 3.80. The number of pyridine rings is 1. The Morgan fingerprint density at radius 1 is 1.09 bits per heavy atom. The summed E-state index contributed by atoms with van der Waals surface area (Å²) in [5.41, 5.74) is 5.49. The Bertz CT molecular complexity index is 2170. The Kier molecular flexibility index (Phi) is 13.1. The van der Waals surface area contributed by atoms with Gasteiger partial charge in [-0.25, -0.2) is 0 Å². The maximum absolute atomic E-state index is 11.5. The number of carbonyl (C=O) groups is 2. The summed E-state index contributed by atoms with van der Waals surface area (Å²) in [5.74, 6) is -0.348. The first-order valence-electron chi connectivity index (χ1n) is 17.5. The van der Waals surface area contributed by atoms with E-state index in [9.17, 15) is 25.1 Å². The summed E-state index contributed by atoms with van der Waals surface area (Å²) >= 11 is 10.5. The quantitative estimate of drug-likeness (QED) is 0.0721. The lowest BCUT2D eigenvalue weighted by Crippen LogP contribution is -2.39. The minimum absolute atomic E-state index is 0.0390. The van der Waals surface area contributed by atoms with Crippen LogP contribution in [0.4, 0.5) is 0 Å². The van der Waals surface area contributed by atoms with Crippen molar-refractivity contribution >= 4 is 50.3 Å². The number of ether oxygens (including phenoxy) is 2. The number of hydrogen-bond acceptors (Lipinski definition) is 10. The third kappa shape index (κ3) is 9.54. The summed E-state index contributed by atoms with van der Waals surface area (Å²) in [5, 5.41) is 43.4. The molecule has 15 heteroatoms. The molecule has 0 spiro atoms. The zero-order valence-corrected chi connectivity index (χ0v) is 31.6. The molecule has 0 bridgehead atoms. The molecule has 2 aromatic heterocycles. The molecular weight excluding hydrogens is 778 g/mol. The van der Waals surface area contributed by atoms with Crippen LogP contribution in [0.5, 0.6) is 11.5 Å². The number of carboxylic acid groups (broad SMARTS) is 1. The maximum Gasteiger partial charge on any atom is 0.323 e. The van der Waals surface area contributed by atoms with Crippen molar-refractivity contribution in [2.75, 3.05) is 19.7 Å². The van der Waals surface area contributed by atoms with Gasteiger partial charge in [-0.1, -0.05) is 41.9 Å². The molecule has 1 aliphatic rings. The number of carboxylic acids is 1. The number of nitrogens with one attached hydrogen (secondary N) is 3. The second-order valence-corrected chi connectivity index (χ2v) is 14.1. The van der Waals surface area contributed by atoms with Crippen LogP contribution < -0.4 is 25.4 Å². The Morgan fingerprint density at radius 2 is 1.91 bits per heavy atom. The van der Waals surface area contributed by atoms with Crippen LogP contribution in [0, 0.1) is 11.3 Å². The van der Waals surface area contributed by atoms with E-state index in [-0.39, 0.29) is 36.7 Å². The third-order valence-corrected chi connectivity index (χ3v) is 10.3. The largest absolute Gasteiger partial charge is 0.488 e. The van der Waals surface area contributed by atoms with Gasteiger partial charge >= 0.3 is 5.97 Å². The van der Waals surface area contributed by atoms with E-state index < -0.39 is 18.6 Å². The monoisotopic (exact) mass is 815 g/mol. The fraction of sp³-hybridized carbons (Fsp3) is 0.308. The van der Waals surface area contributed by atoms with Gasteiger partial charge in [-0.05, 0) is 64.6 Å². The summed E-state index contributed by atoms with van der Waals surface area (Å²) in [6.45, 7) is 2.02. The number of hydrogen-bond donors (Lipinski definition) is 5. The molecule has 2 atom stereocenters. The van der Waals surface area contributed by atoms with Gasteiger partial charge in [-0.2, -0.15) is 10.4 Å². The smallest absolute Gasteiger partial charge is 0.323 e. The van der Waals surface area contributed by atoms with Crippen LogP contribution in [0.3, 0.4) is 0 Å². The number of aliphatic carboxylic acids is 1. The molecule has 0 radical (unpaired) electrons. The van der Waals surface area contributed by atoms with Crippen LogP contribution >= 0.6 is 27.5 Å². The molecule has 3 heterocycles. The standard InChI is InChI=1S/C39H39BrClN7O6/c40-38-26(4-1-6-30(38)29-5-2-7-34-31(29)20-46-48(34)11-3-10-43-19-28-8-9-37(50)47-28)23-54-36-14-35(53-22-25-12-24(15-42)16-44-17-25)27(13-32(36)41)18-45-33(21-49)39(51)52/h1-2,4-7,12-14,16-17,20,28,33,43,45,49H,3,8-11,18-19,21-23H2,(H,47,50)(H,51,52)/t28-,33?/m0/s1. The van der Waals surface area contributed by atoms with Gasteiger partial charge in [-0.15, -0.1) is 0 Å². The van der Waals surface area contributed by atoms with Crippen LogP contribution in [0.15, 0.2) is 77.7 Å². The number of rotatable bonds is 18. The summed E-state index contributed by atoms with van der Waals surface area (Å²) in [6, 6.07) is 18.1. The van der Waals surface area contributed by atoms with E-state index in [1.807, 2.05) is 35.1 Å². The number of halogens is 2. The highest BCUT2D eigenvalue weighted by molar-refractivity contribution is 9.10. The van der Waals surface area contributed by atoms with Crippen molar-refractivity contribution in [3.05, 3.63) is 105 Å². The molecule has 6 rings (SSSR count). The summed E-state index contributed by atoms with van der Waals surface area (Å²) in [4.78, 5) is 27.0. The van der Waals surface area contributed by atoms with Crippen molar-refractivity contribution < 1.29 is 29.3 Å². The molecule has 13 nitrogen and oxygen atoms in total. The number of nitrogens with zero attached hydrogens (tertiary/aromatic N) is 4. The lowest BCUT2D eigenvalue weighted by atomic mass is 10.00. The predicted octanol–water partition coefficient (Wildman–Crippen LogP) is 5.34. The lowest BCUT2D eigenvalue weighted by molar-refractivity contribution is -0.140. The van der Waals surface area contributed by atoms with Crippen molar-refractivity contribution in [3.63, 3.8) is 0 Å². The molecular formula is C39H39BrClN7O6. The molecule has 1 aliphatic heterocycles. The molecule has 54 heavy (non-hydrogen) atoms. The van der Waals surface area contributed by atoms with E-state index in [2.05, 4.69) is 55.1 Å². The van der Waals surface area contributed by atoms with Gasteiger partial charge < -0.3 is 30.3 Å². The van der Waals surface area contributed by atoms with Crippen molar-refractivity contribution in [1.29, 1.82) is 5.26 Å². The number of nitriles is 1. The highest BCUT2D eigenvalue weighted by atomic mass is 79.9. The van der Waals surface area contributed by atoms with Crippen molar-refractivity contribution in [3.8, 4) is 28.7 Å². The Hall–Kier alpha value is -5.04. The highest BCUT2D eigenvalue weighted by Crippen LogP contribution is 2.38. The van der Waals surface area contributed by atoms with Crippen molar-refractivity contribution in [2.45, 2.75) is 57.6 Å². The highest BCUT2D eigenvalue weighted by Gasteiger charge is 2.21. The number of aryl methyl sites for hydroxylation is 1. The van der Waals surface area contributed by atoms with Crippen LogP contribution in [0.25, 0.3) is 22.0 Å². The first kappa shape index (κ1) is 38.7. The molecule has 5 N–H and O–H groups in total. The van der Waals surface area contributed by atoms with Crippen LogP contribution in [0.1, 0.15) is 41.5 Å². The molecule has 3 aromatic carbocycles. The zero-order chi connectivity index (χ0) is 38.0. The molecule has 1 fully saturated rings. The topological polar surface area (TPSA) is 184 Å². The number of benzene rings is 3. The second kappa shape index (κ2) is 18.3. The fourth-order valence-corrected chi connectivity index (χ4v) is 7.08. The van der Waals surface area contributed by atoms with E-state index in [1.165, 1.54) is 6.20 Å². The van der Waals surface area contributed by atoms with Gasteiger partial charge in [-0.3, -0.25) is 24.6 Å². The van der Waals surface area contributed by atoms with Gasteiger partial charge in [0, 0.05) is 77.1 Å². The molecule has 280 valence electrons. The van der Waals surface area contributed by atoms with E-state index >= 15 is 0 Å². The Labute approximate surface area is 325 Å². The van der Waals surface area contributed by atoms with Crippen LogP contribution in [-0.2, 0) is 35.9 Å². The number of amides is 1. The average molecular weight is 817 g/mol. The van der Waals surface area contributed by atoms with Gasteiger partial charge in [0.2, 0.25) is 5.91 Å².